The van der Waals surface area contributed by atoms with Crippen molar-refractivity contribution in [2.45, 2.75) is 6.10 Å². The molecule has 1 aliphatic rings. The van der Waals surface area contributed by atoms with Crippen LogP contribution in [-0.4, -0.2) is 65.3 Å². The van der Waals surface area contributed by atoms with E-state index in [9.17, 15) is 9.90 Å². The Labute approximate surface area is 82.1 Å². The molecule has 0 bridgehead atoms. The fourth-order valence-corrected chi connectivity index (χ4v) is 1.30. The molecule has 1 saturated heterocycles. The number of nitrogens with one attached hydrogen (secondary N) is 1. The number of hydrogen-bond donors (Lipinski definition) is 4. The second-order valence-corrected chi connectivity index (χ2v) is 3.14. The van der Waals surface area contributed by atoms with Crippen LogP contribution in [0.2, 0.25) is 0 Å². The smallest absolute Gasteiger partial charge is 0.329 e. The molecule has 1 fully saturated rings. The van der Waals surface area contributed by atoms with Crippen LogP contribution in [0.4, 0.5) is 4.79 Å². The number of amides is 2. The van der Waals surface area contributed by atoms with Gasteiger partial charge in [0, 0.05) is 13.1 Å². The zero-order valence-corrected chi connectivity index (χ0v) is 7.89. The van der Waals surface area contributed by atoms with Crippen LogP contribution < -0.4 is 11.1 Å². The highest BCUT2D eigenvalue weighted by molar-refractivity contribution is 5.71. The van der Waals surface area contributed by atoms with Gasteiger partial charge in [-0.1, -0.05) is 0 Å². The van der Waals surface area contributed by atoms with Gasteiger partial charge in [0.25, 0.3) is 0 Å². The zero-order valence-electron chi connectivity index (χ0n) is 7.89. The molecule has 7 nitrogen and oxygen atoms in total. The van der Waals surface area contributed by atoms with Gasteiger partial charge >= 0.3 is 6.03 Å². The predicted molar refractivity (Wildman–Crippen MR) is 49.0 cm³/mol. The Morgan fingerprint density at radius 2 is 2.43 bits per heavy atom. The van der Waals surface area contributed by atoms with Crippen LogP contribution >= 0.6 is 0 Å². The zero-order chi connectivity index (χ0) is 10.6. The minimum Gasteiger partial charge on any atom is -0.394 e. The summed E-state index contributed by atoms with van der Waals surface area (Å²) in [5, 5.41) is 23.8. The molecule has 0 aromatic heterocycles. The summed E-state index contributed by atoms with van der Waals surface area (Å²) in [6, 6.07) is -0.624. The standard InChI is InChI=1S/C7H16N4O3/c8-7(14)11(3-6(13)4-12)10-2-1-9-5-10/h6,9,12-13H,1-5H2,(H2,8,14). The van der Waals surface area contributed by atoms with Gasteiger partial charge in [-0.25, -0.2) is 9.80 Å². The molecule has 1 aliphatic heterocycles. The maximum absolute atomic E-state index is 11.0. The molecule has 14 heavy (non-hydrogen) atoms. The Kier molecular flexibility index (Phi) is 4.08. The number of nitrogens with zero attached hydrogens (tertiary/aromatic N) is 2. The van der Waals surface area contributed by atoms with E-state index in [0.29, 0.717) is 13.2 Å². The molecule has 1 rings (SSSR count). The monoisotopic (exact) mass is 204 g/mol. The predicted octanol–water partition coefficient (Wildman–Crippen LogP) is -2.50. The maximum Gasteiger partial charge on any atom is 0.329 e. The van der Waals surface area contributed by atoms with Crippen LogP contribution in [0.25, 0.3) is 0 Å². The number of hydrogen-bond acceptors (Lipinski definition) is 5. The average molecular weight is 204 g/mol. The SMILES string of the molecule is NC(=O)N(CC(O)CO)N1CCNC1. The van der Waals surface area contributed by atoms with Crippen LogP contribution in [0.15, 0.2) is 0 Å². The molecule has 0 aromatic carbocycles. The molecule has 0 aliphatic carbocycles. The lowest BCUT2D eigenvalue weighted by molar-refractivity contribution is -0.0133. The first-order chi connectivity index (χ1) is 6.65. The van der Waals surface area contributed by atoms with Gasteiger partial charge in [0.05, 0.1) is 25.9 Å². The normalized spacial score (nSPS) is 19.6. The summed E-state index contributed by atoms with van der Waals surface area (Å²) in [6.45, 7) is 1.61. The fourth-order valence-electron chi connectivity index (χ4n) is 1.30. The Morgan fingerprint density at radius 1 is 1.71 bits per heavy atom. The highest BCUT2D eigenvalue weighted by Gasteiger charge is 2.24. The van der Waals surface area contributed by atoms with Crippen molar-refractivity contribution >= 4 is 6.03 Å². The van der Waals surface area contributed by atoms with E-state index in [-0.39, 0.29) is 13.2 Å². The first-order valence-corrected chi connectivity index (χ1v) is 4.46. The summed E-state index contributed by atoms with van der Waals surface area (Å²) in [5.74, 6) is 0. The van der Waals surface area contributed by atoms with Crippen LogP contribution in [0.5, 0.6) is 0 Å². The van der Waals surface area contributed by atoms with E-state index in [1.165, 1.54) is 5.01 Å². The van der Waals surface area contributed by atoms with Gasteiger partial charge in [-0.3, -0.25) is 5.01 Å². The van der Waals surface area contributed by atoms with Crippen molar-refractivity contribution in [3.63, 3.8) is 0 Å². The third-order valence-corrected chi connectivity index (χ3v) is 2.03. The van der Waals surface area contributed by atoms with Crippen molar-refractivity contribution in [2.24, 2.45) is 5.73 Å². The van der Waals surface area contributed by atoms with Crippen LogP contribution in [0.1, 0.15) is 0 Å². The summed E-state index contributed by atoms with van der Waals surface area (Å²) in [5.41, 5.74) is 5.14. The summed E-state index contributed by atoms with van der Waals surface area (Å²) in [4.78, 5) is 11.0. The molecular formula is C7H16N4O3. The molecule has 0 radical (unpaired) electrons. The van der Waals surface area contributed by atoms with E-state index in [1.807, 2.05) is 0 Å². The second-order valence-electron chi connectivity index (χ2n) is 3.14. The molecule has 0 saturated carbocycles. The molecule has 1 unspecified atom stereocenters. The van der Waals surface area contributed by atoms with E-state index in [2.05, 4.69) is 5.32 Å². The number of nitrogens with two attached hydrogens (primary N) is 1. The maximum atomic E-state index is 11.0. The van der Waals surface area contributed by atoms with Gasteiger partial charge in [0.1, 0.15) is 0 Å². The van der Waals surface area contributed by atoms with Gasteiger partial charge in [-0.15, -0.1) is 0 Å². The first kappa shape index (κ1) is 11.2. The van der Waals surface area contributed by atoms with Crippen molar-refractivity contribution in [2.75, 3.05) is 32.9 Å². The van der Waals surface area contributed by atoms with E-state index < -0.39 is 12.1 Å². The summed E-state index contributed by atoms with van der Waals surface area (Å²) in [6.07, 6.45) is -0.955. The minimum atomic E-state index is -0.955. The first-order valence-electron chi connectivity index (χ1n) is 4.46. The lowest BCUT2D eigenvalue weighted by atomic mass is 10.4. The Morgan fingerprint density at radius 3 is 2.86 bits per heavy atom. The molecule has 1 heterocycles. The number of carbonyl (C=O) groups is 1. The van der Waals surface area contributed by atoms with Gasteiger partial charge in [0.2, 0.25) is 0 Å². The van der Waals surface area contributed by atoms with E-state index in [4.69, 9.17) is 10.8 Å². The van der Waals surface area contributed by atoms with E-state index in [1.54, 1.807) is 5.01 Å². The number of aliphatic hydroxyl groups excluding tert-OH is 2. The number of aliphatic hydroxyl groups is 2. The third kappa shape index (κ3) is 2.81. The molecular weight excluding hydrogens is 188 g/mol. The number of rotatable bonds is 4. The van der Waals surface area contributed by atoms with Crippen molar-refractivity contribution < 1.29 is 15.0 Å². The highest BCUT2D eigenvalue weighted by Crippen LogP contribution is 2.02. The number of carbonyl (C=O) groups excluding carboxylic acids is 1. The minimum absolute atomic E-state index is 0.0213. The molecule has 1 atom stereocenters. The van der Waals surface area contributed by atoms with E-state index in [0.717, 1.165) is 6.54 Å². The Bertz CT molecular complexity index is 195. The summed E-state index contributed by atoms with van der Waals surface area (Å²) in [7, 11) is 0. The van der Waals surface area contributed by atoms with Gasteiger partial charge in [-0.2, -0.15) is 0 Å². The van der Waals surface area contributed by atoms with Crippen LogP contribution in [-0.2, 0) is 0 Å². The topological polar surface area (TPSA) is 102 Å². The van der Waals surface area contributed by atoms with Crippen molar-refractivity contribution in [3.05, 3.63) is 0 Å². The lowest BCUT2D eigenvalue weighted by Crippen LogP contribution is -2.52. The largest absolute Gasteiger partial charge is 0.394 e. The average Bonchev–Trinajstić information content (AvgIpc) is 2.65. The summed E-state index contributed by atoms with van der Waals surface area (Å²) >= 11 is 0. The Balaban J connectivity index is 2.49. The molecule has 82 valence electrons. The third-order valence-electron chi connectivity index (χ3n) is 2.03. The van der Waals surface area contributed by atoms with Gasteiger partial charge in [0.15, 0.2) is 0 Å². The number of hydrazine groups is 1. The van der Waals surface area contributed by atoms with E-state index >= 15 is 0 Å². The second kappa shape index (κ2) is 5.11. The van der Waals surface area contributed by atoms with Crippen molar-refractivity contribution in [3.8, 4) is 0 Å². The van der Waals surface area contributed by atoms with Crippen molar-refractivity contribution in [1.82, 2.24) is 15.3 Å². The molecule has 2 amide bonds. The highest BCUT2D eigenvalue weighted by atomic mass is 16.3. The van der Waals surface area contributed by atoms with Gasteiger partial charge in [-0.05, 0) is 0 Å². The molecule has 7 heteroatoms. The number of primary amides is 1. The quantitative estimate of drug-likeness (QED) is 0.405. The van der Waals surface area contributed by atoms with Crippen LogP contribution in [0.3, 0.4) is 0 Å². The van der Waals surface area contributed by atoms with Crippen molar-refractivity contribution in [1.29, 1.82) is 0 Å². The molecule has 0 spiro atoms. The molecule has 5 N–H and O–H groups in total. The lowest BCUT2D eigenvalue weighted by Gasteiger charge is -2.30. The fraction of sp³-hybridized carbons (Fsp3) is 0.857. The number of urea groups is 1. The van der Waals surface area contributed by atoms with Gasteiger partial charge < -0.3 is 21.3 Å². The summed E-state index contributed by atoms with van der Waals surface area (Å²) < 4.78 is 0. The molecule has 0 aromatic rings. The Hall–Kier alpha value is -0.890. The van der Waals surface area contributed by atoms with Crippen LogP contribution in [0, 0.1) is 0 Å².